The third kappa shape index (κ3) is 12.3. The van der Waals surface area contributed by atoms with Crippen LogP contribution in [0.25, 0.3) is 0 Å². The van der Waals surface area contributed by atoms with E-state index in [-0.39, 0.29) is 47.9 Å². The molecule has 1 aliphatic rings. The summed E-state index contributed by atoms with van der Waals surface area (Å²) in [4.78, 5) is 0. The van der Waals surface area contributed by atoms with Gasteiger partial charge in [0.15, 0.2) is 0 Å². The summed E-state index contributed by atoms with van der Waals surface area (Å²) < 4.78 is 1.07. The van der Waals surface area contributed by atoms with Gasteiger partial charge in [-0.2, -0.15) is 0 Å². The first-order valence-electron chi connectivity index (χ1n) is 17.8. The average molecular weight is 712 g/mol. The summed E-state index contributed by atoms with van der Waals surface area (Å²) >= 11 is 0. The maximum atomic E-state index is 11.5. The predicted molar refractivity (Wildman–Crippen MR) is 205 cm³/mol. The van der Waals surface area contributed by atoms with E-state index >= 15 is 0 Å². The van der Waals surface area contributed by atoms with E-state index in [1.165, 1.54) is 24.0 Å². The van der Waals surface area contributed by atoms with E-state index < -0.39 is 0 Å². The van der Waals surface area contributed by atoms with Gasteiger partial charge in [-0.25, -0.2) is 0 Å². The summed E-state index contributed by atoms with van der Waals surface area (Å²) in [6.07, 6.45) is 6.60. The van der Waals surface area contributed by atoms with Gasteiger partial charge in [-0.3, -0.25) is 0 Å². The van der Waals surface area contributed by atoms with Crippen molar-refractivity contribution in [1.82, 2.24) is 10.6 Å². The van der Waals surface area contributed by atoms with E-state index in [9.17, 15) is 10.2 Å². The molecule has 2 atom stereocenters. The fourth-order valence-electron chi connectivity index (χ4n) is 6.65. The minimum Gasteiger partial charge on any atom is -0.507 e. The summed E-state index contributed by atoms with van der Waals surface area (Å²) in [5.41, 5.74) is 6.53. The topological polar surface area (TPSA) is 64.5 Å². The van der Waals surface area contributed by atoms with Gasteiger partial charge < -0.3 is 40.2 Å². The van der Waals surface area contributed by atoms with Crippen LogP contribution in [0, 0.1) is 14.9 Å². The summed E-state index contributed by atoms with van der Waals surface area (Å²) in [6, 6.07) is 9.47. The first kappa shape index (κ1) is 46.4. The van der Waals surface area contributed by atoms with Crippen molar-refractivity contribution in [1.29, 1.82) is 0 Å². The van der Waals surface area contributed by atoms with Gasteiger partial charge in [-0.1, -0.05) is 99.4 Å². The number of nitrogens with one attached hydrogen (secondary N) is 2. The smallest absolute Gasteiger partial charge is 0.507 e. The molecule has 1 fully saturated rings. The molecular weight excluding hydrogens is 637 g/mol. The second-order valence-corrected chi connectivity index (χ2v) is 17.3. The Labute approximate surface area is 307 Å². The third-order valence-electron chi connectivity index (χ3n) is 10.5. The monoisotopic (exact) mass is 712 g/mol. The van der Waals surface area contributed by atoms with Crippen molar-refractivity contribution < 1.29 is 31.5 Å². The molecule has 5 nitrogen and oxygen atoms in total. The fourth-order valence-corrected chi connectivity index (χ4v) is 6.65. The Hall–Kier alpha value is -1.57. The van der Waals surface area contributed by atoms with Crippen LogP contribution in [0.3, 0.4) is 0 Å². The quantitative estimate of drug-likeness (QED) is 0.131. The fraction of sp³-hybridized carbons (Fsp3) is 0.667. The molecule has 6 heteroatoms. The van der Waals surface area contributed by atoms with E-state index in [4.69, 9.17) is 0 Å². The first-order chi connectivity index (χ1) is 20.8. The molecule has 276 valence electrons. The molecular formula is C42H74CoN3O2+2. The molecule has 3 rings (SSSR count). The van der Waals surface area contributed by atoms with Crippen LogP contribution in [0.5, 0.6) is 11.5 Å². The van der Waals surface area contributed by atoms with Crippen molar-refractivity contribution in [3.63, 3.8) is 0 Å². The second-order valence-electron chi connectivity index (χ2n) is 17.3. The molecule has 0 aliphatic heterocycles. The van der Waals surface area contributed by atoms with Crippen LogP contribution in [0.1, 0.15) is 142 Å². The number of hydrogen-bond acceptors (Lipinski definition) is 4. The number of aromatic hydroxyl groups is 2. The average Bonchev–Trinajstić information content (AvgIpc) is 2.95. The maximum absolute atomic E-state index is 11.5. The molecule has 0 spiro atoms. The molecule has 0 amide bonds. The van der Waals surface area contributed by atoms with Gasteiger partial charge in [0.25, 0.3) is 0 Å². The number of nitrogens with zero attached hydrogens (tertiary/aromatic N) is 1. The van der Waals surface area contributed by atoms with Crippen molar-refractivity contribution in [3.05, 3.63) is 72.5 Å². The SMILES string of the molecule is CC[N+](C)(CC)CCCc1cc(C(C)(C)C)cc(CNC2CCCCC2NCc2cc(C(C)(C)C)cc(C(C)(C)C)c2O)c1O.[CH3-].[CH3-].[Co+3]. The molecule has 2 aromatic rings. The van der Waals surface area contributed by atoms with Crippen LogP contribution in [-0.4, -0.2) is 53.5 Å². The maximum Gasteiger partial charge on any atom is 3.00 e. The number of phenols is 2. The second kappa shape index (κ2) is 18.6. The van der Waals surface area contributed by atoms with Crippen molar-refractivity contribution in [3.8, 4) is 11.5 Å². The summed E-state index contributed by atoms with van der Waals surface area (Å²) in [5, 5.41) is 30.6. The van der Waals surface area contributed by atoms with Crippen molar-refractivity contribution in [2.24, 2.45) is 0 Å². The van der Waals surface area contributed by atoms with Crippen LogP contribution in [-0.2, 0) is 52.5 Å². The van der Waals surface area contributed by atoms with Crippen molar-refractivity contribution in [2.75, 3.05) is 26.7 Å². The van der Waals surface area contributed by atoms with E-state index in [2.05, 4.69) is 118 Å². The van der Waals surface area contributed by atoms with Gasteiger partial charge in [0, 0.05) is 42.7 Å². The summed E-state index contributed by atoms with van der Waals surface area (Å²) in [5.74, 6) is 0.897. The first-order valence-corrected chi connectivity index (χ1v) is 17.8. The van der Waals surface area contributed by atoms with Crippen LogP contribution < -0.4 is 10.6 Å². The van der Waals surface area contributed by atoms with Crippen LogP contribution >= 0.6 is 0 Å². The Balaban J connectivity index is 0.00000736. The van der Waals surface area contributed by atoms with Crippen LogP contribution in [0.4, 0.5) is 0 Å². The zero-order valence-electron chi connectivity index (χ0n) is 33.4. The number of rotatable bonds is 12. The number of benzene rings is 2. The Morgan fingerprint density at radius 2 is 1.08 bits per heavy atom. The van der Waals surface area contributed by atoms with Gasteiger partial charge in [0.05, 0.1) is 26.7 Å². The van der Waals surface area contributed by atoms with Gasteiger partial charge in [0.2, 0.25) is 0 Å². The molecule has 1 saturated carbocycles. The molecule has 1 aliphatic carbocycles. The minimum absolute atomic E-state index is 0. The van der Waals surface area contributed by atoms with E-state index in [0.717, 1.165) is 72.1 Å². The number of quaternary nitrogens is 1. The van der Waals surface area contributed by atoms with E-state index in [1.807, 2.05) is 0 Å². The minimum atomic E-state index is -0.137. The Morgan fingerprint density at radius 1 is 0.667 bits per heavy atom. The molecule has 4 N–H and O–H groups in total. The van der Waals surface area contributed by atoms with Gasteiger partial charge in [-0.05, 0) is 71.6 Å². The molecule has 0 saturated heterocycles. The van der Waals surface area contributed by atoms with Gasteiger partial charge in [-0.15, -0.1) is 0 Å². The molecule has 0 aromatic heterocycles. The normalized spacial score (nSPS) is 17.2. The molecule has 2 unspecified atom stereocenters. The summed E-state index contributed by atoms with van der Waals surface area (Å²) in [6.45, 7) is 29.3. The zero-order chi connectivity index (χ0) is 33.8. The molecule has 0 heterocycles. The van der Waals surface area contributed by atoms with Crippen molar-refractivity contribution >= 4 is 0 Å². The Morgan fingerprint density at radius 3 is 1.50 bits per heavy atom. The molecule has 2 aromatic carbocycles. The number of hydrogen-bond donors (Lipinski definition) is 4. The Bertz CT molecular complexity index is 1270. The van der Waals surface area contributed by atoms with Crippen LogP contribution in [0.2, 0.25) is 0 Å². The van der Waals surface area contributed by atoms with Gasteiger partial charge >= 0.3 is 16.8 Å². The summed E-state index contributed by atoms with van der Waals surface area (Å²) in [7, 11) is 2.33. The van der Waals surface area contributed by atoms with E-state index in [0.29, 0.717) is 36.7 Å². The molecule has 0 bridgehead atoms. The molecule has 48 heavy (non-hydrogen) atoms. The largest absolute Gasteiger partial charge is 3.00 e. The van der Waals surface area contributed by atoms with Gasteiger partial charge in [0.1, 0.15) is 11.5 Å². The predicted octanol–water partition coefficient (Wildman–Crippen LogP) is 9.50. The van der Waals surface area contributed by atoms with Crippen LogP contribution in [0.15, 0.2) is 24.3 Å². The Kier molecular flexibility index (Phi) is 18.0. The number of phenolic OH excluding ortho intramolecular Hbond substituents is 2. The zero-order valence-corrected chi connectivity index (χ0v) is 34.5. The molecule has 0 radical (unpaired) electrons. The van der Waals surface area contributed by atoms with E-state index in [1.54, 1.807) is 0 Å². The number of aryl methyl sites for hydroxylation is 1. The standard InChI is InChI=1S/C40H67N3O2.2CH3.Co/c1-13-43(12,14-2)21-17-18-28-22-31(38(3,4)5)23-29(36(28)44)26-41-34-19-15-16-20-35(34)42-27-30-24-32(39(6,7)8)25-33(37(30)45)40(9,10)11;;;/h22-25,34-35,41-42H,13-21,26-27H2,1-12H3,(H-,44,45);2*1H3;/q;2*-1;+3/p+1. The van der Waals surface area contributed by atoms with Crippen molar-refractivity contribution in [2.45, 2.75) is 156 Å². The third-order valence-corrected chi connectivity index (χ3v) is 10.5.